The molecule has 8 nitrogen and oxygen atoms in total. The lowest BCUT2D eigenvalue weighted by Gasteiger charge is -2.33. The fourth-order valence-corrected chi connectivity index (χ4v) is 3.38. The molecule has 0 amide bonds. The first-order valence-electron chi connectivity index (χ1n) is 8.91. The van der Waals surface area contributed by atoms with E-state index in [2.05, 4.69) is 20.2 Å². The molecule has 1 aromatic carbocycles. The highest BCUT2D eigenvalue weighted by atomic mass is 16.5. The van der Waals surface area contributed by atoms with Crippen molar-refractivity contribution in [3.8, 4) is 11.4 Å². The van der Waals surface area contributed by atoms with E-state index in [-0.39, 0.29) is 6.10 Å². The van der Waals surface area contributed by atoms with Gasteiger partial charge in [-0.2, -0.15) is 9.61 Å². The SMILES string of the molecule is Cn1cc(C2CN(c3ccc4nnc(-c5ccccc5)n4n3)CCO2)cn1. The molecule has 5 rings (SSSR count). The van der Waals surface area contributed by atoms with E-state index in [9.17, 15) is 0 Å². The van der Waals surface area contributed by atoms with Crippen molar-refractivity contribution >= 4 is 11.5 Å². The number of nitrogens with zero attached hydrogens (tertiary/aromatic N) is 7. The number of aromatic nitrogens is 6. The standard InChI is InChI=1S/C19H19N7O/c1-24-12-15(11-20-24)16-13-25(9-10-27-16)18-8-7-17-21-22-19(26(17)23-18)14-5-3-2-4-6-14/h2-8,11-12,16H,9-10,13H2,1H3. The molecule has 1 atom stereocenters. The normalized spacial score (nSPS) is 17.5. The summed E-state index contributed by atoms with van der Waals surface area (Å²) in [6.07, 6.45) is 3.84. The highest BCUT2D eigenvalue weighted by Crippen LogP contribution is 2.25. The molecule has 0 radical (unpaired) electrons. The van der Waals surface area contributed by atoms with Crippen LogP contribution in [0.4, 0.5) is 5.82 Å². The fourth-order valence-electron chi connectivity index (χ4n) is 3.38. The van der Waals surface area contributed by atoms with Gasteiger partial charge < -0.3 is 9.64 Å². The van der Waals surface area contributed by atoms with E-state index in [0.717, 1.165) is 41.5 Å². The summed E-state index contributed by atoms with van der Waals surface area (Å²) < 4.78 is 9.54. The lowest BCUT2D eigenvalue weighted by atomic mass is 10.1. The molecule has 0 saturated carbocycles. The maximum Gasteiger partial charge on any atom is 0.185 e. The third kappa shape index (κ3) is 2.93. The highest BCUT2D eigenvalue weighted by molar-refractivity contribution is 5.59. The van der Waals surface area contributed by atoms with Gasteiger partial charge in [-0.05, 0) is 12.1 Å². The monoisotopic (exact) mass is 361 g/mol. The van der Waals surface area contributed by atoms with Gasteiger partial charge in [0.1, 0.15) is 11.9 Å². The third-order valence-corrected chi connectivity index (χ3v) is 4.77. The summed E-state index contributed by atoms with van der Waals surface area (Å²) in [5.41, 5.74) is 2.80. The molecule has 4 heterocycles. The topological polar surface area (TPSA) is 73.4 Å². The van der Waals surface area contributed by atoms with Crippen LogP contribution in [0.5, 0.6) is 0 Å². The van der Waals surface area contributed by atoms with Gasteiger partial charge in [0.2, 0.25) is 0 Å². The Bertz CT molecular complexity index is 1070. The number of hydrogen-bond donors (Lipinski definition) is 0. The van der Waals surface area contributed by atoms with Gasteiger partial charge in [-0.3, -0.25) is 4.68 Å². The van der Waals surface area contributed by atoms with Crippen molar-refractivity contribution in [1.29, 1.82) is 0 Å². The summed E-state index contributed by atoms with van der Waals surface area (Å²) in [5.74, 6) is 1.63. The van der Waals surface area contributed by atoms with E-state index in [0.29, 0.717) is 6.61 Å². The Morgan fingerprint density at radius 2 is 1.96 bits per heavy atom. The lowest BCUT2D eigenvalue weighted by molar-refractivity contribution is 0.0394. The summed E-state index contributed by atoms with van der Waals surface area (Å²) in [7, 11) is 1.91. The van der Waals surface area contributed by atoms with Crippen LogP contribution < -0.4 is 4.90 Å². The maximum atomic E-state index is 5.94. The Morgan fingerprint density at radius 3 is 2.78 bits per heavy atom. The van der Waals surface area contributed by atoms with Crippen LogP contribution in [0.3, 0.4) is 0 Å². The Kier molecular flexibility index (Phi) is 3.83. The van der Waals surface area contributed by atoms with Crippen LogP contribution in [0.1, 0.15) is 11.7 Å². The van der Waals surface area contributed by atoms with Crippen LogP contribution >= 0.6 is 0 Å². The number of hydrogen-bond acceptors (Lipinski definition) is 6. The molecule has 8 heteroatoms. The number of morpholine rings is 1. The van der Waals surface area contributed by atoms with Crippen LogP contribution in [0.2, 0.25) is 0 Å². The summed E-state index contributed by atoms with van der Waals surface area (Å²) in [6.45, 7) is 2.16. The molecular formula is C19H19N7O. The molecule has 1 aliphatic heterocycles. The average Bonchev–Trinajstić information content (AvgIpc) is 3.34. The van der Waals surface area contributed by atoms with Crippen molar-refractivity contribution in [2.75, 3.05) is 24.6 Å². The molecule has 136 valence electrons. The summed E-state index contributed by atoms with van der Waals surface area (Å²) in [4.78, 5) is 2.23. The third-order valence-electron chi connectivity index (χ3n) is 4.77. The van der Waals surface area contributed by atoms with Crippen LogP contribution in [0.15, 0.2) is 54.9 Å². The second-order valence-electron chi connectivity index (χ2n) is 6.60. The zero-order valence-corrected chi connectivity index (χ0v) is 14.9. The van der Waals surface area contributed by atoms with Crippen molar-refractivity contribution in [2.45, 2.75) is 6.10 Å². The van der Waals surface area contributed by atoms with Gasteiger partial charge in [-0.1, -0.05) is 30.3 Å². The lowest BCUT2D eigenvalue weighted by Crippen LogP contribution is -2.39. The first kappa shape index (κ1) is 16.0. The first-order chi connectivity index (χ1) is 13.3. The molecule has 4 aromatic rings. The Balaban J connectivity index is 1.48. The summed E-state index contributed by atoms with van der Waals surface area (Å²) in [6, 6.07) is 13.9. The molecule has 3 aromatic heterocycles. The van der Waals surface area contributed by atoms with Crippen molar-refractivity contribution in [3.63, 3.8) is 0 Å². The molecule has 0 N–H and O–H groups in total. The Labute approximate surface area is 156 Å². The van der Waals surface area contributed by atoms with Crippen LogP contribution in [-0.2, 0) is 11.8 Å². The second-order valence-corrected chi connectivity index (χ2v) is 6.60. The zero-order chi connectivity index (χ0) is 18.2. The number of fused-ring (bicyclic) bond motifs is 1. The first-order valence-corrected chi connectivity index (χ1v) is 8.91. The number of anilines is 1. The van der Waals surface area contributed by atoms with E-state index in [1.807, 2.05) is 61.9 Å². The second kappa shape index (κ2) is 6.48. The summed E-state index contributed by atoms with van der Waals surface area (Å²) >= 11 is 0. The van der Waals surface area contributed by atoms with Crippen LogP contribution in [0.25, 0.3) is 17.0 Å². The zero-order valence-electron chi connectivity index (χ0n) is 14.9. The van der Waals surface area contributed by atoms with Gasteiger partial charge in [0.05, 0.1) is 19.3 Å². The van der Waals surface area contributed by atoms with E-state index in [1.54, 1.807) is 9.20 Å². The van der Waals surface area contributed by atoms with Gasteiger partial charge in [0.15, 0.2) is 11.5 Å². The van der Waals surface area contributed by atoms with E-state index >= 15 is 0 Å². The summed E-state index contributed by atoms with van der Waals surface area (Å²) in [5, 5.41) is 17.6. The molecule has 1 aliphatic rings. The van der Waals surface area contributed by atoms with Crippen molar-refractivity contribution in [2.24, 2.45) is 7.05 Å². The minimum absolute atomic E-state index is 0.0144. The average molecular weight is 361 g/mol. The van der Waals surface area contributed by atoms with Gasteiger partial charge in [-0.25, -0.2) is 0 Å². The van der Waals surface area contributed by atoms with Crippen molar-refractivity contribution in [1.82, 2.24) is 29.6 Å². The Hall–Kier alpha value is -3.26. The van der Waals surface area contributed by atoms with Crippen LogP contribution in [-0.4, -0.2) is 49.3 Å². The maximum absolute atomic E-state index is 5.94. The molecule has 1 fully saturated rings. The number of rotatable bonds is 3. The molecule has 1 saturated heterocycles. The van der Waals surface area contributed by atoms with Gasteiger partial charge in [-0.15, -0.1) is 15.3 Å². The highest BCUT2D eigenvalue weighted by Gasteiger charge is 2.24. The smallest absolute Gasteiger partial charge is 0.185 e. The number of benzene rings is 1. The Morgan fingerprint density at radius 1 is 1.07 bits per heavy atom. The fraction of sp³-hybridized carbons (Fsp3) is 0.263. The van der Waals surface area contributed by atoms with E-state index in [4.69, 9.17) is 9.84 Å². The molecular weight excluding hydrogens is 342 g/mol. The predicted molar refractivity (Wildman–Crippen MR) is 100 cm³/mol. The predicted octanol–water partition coefficient (Wildman–Crippen LogP) is 2.10. The minimum atomic E-state index is -0.0144. The van der Waals surface area contributed by atoms with Gasteiger partial charge >= 0.3 is 0 Å². The molecule has 27 heavy (non-hydrogen) atoms. The molecule has 0 bridgehead atoms. The quantitative estimate of drug-likeness (QED) is 0.556. The van der Waals surface area contributed by atoms with E-state index < -0.39 is 0 Å². The largest absolute Gasteiger partial charge is 0.370 e. The number of ether oxygens (including phenoxy) is 1. The number of aryl methyl sites for hydroxylation is 1. The van der Waals surface area contributed by atoms with E-state index in [1.165, 1.54) is 0 Å². The van der Waals surface area contributed by atoms with Gasteiger partial charge in [0.25, 0.3) is 0 Å². The van der Waals surface area contributed by atoms with Crippen LogP contribution in [0, 0.1) is 0 Å². The van der Waals surface area contributed by atoms with Gasteiger partial charge in [0, 0.05) is 30.9 Å². The van der Waals surface area contributed by atoms with Crippen molar-refractivity contribution in [3.05, 3.63) is 60.4 Å². The molecule has 0 aliphatic carbocycles. The van der Waals surface area contributed by atoms with Crippen molar-refractivity contribution < 1.29 is 4.74 Å². The minimum Gasteiger partial charge on any atom is -0.370 e. The molecule has 1 unspecified atom stereocenters. The molecule has 0 spiro atoms.